The predicted molar refractivity (Wildman–Crippen MR) is 87.1 cm³/mol. The van der Waals surface area contributed by atoms with E-state index in [-0.39, 0.29) is 22.6 Å². The molecule has 9 heteroatoms. The molecule has 2 heterocycles. The fourth-order valence-corrected chi connectivity index (χ4v) is 4.58. The van der Waals surface area contributed by atoms with E-state index in [9.17, 15) is 8.42 Å². The van der Waals surface area contributed by atoms with Crippen LogP contribution in [-0.2, 0) is 21.4 Å². The van der Waals surface area contributed by atoms with Gasteiger partial charge < -0.3 is 9.26 Å². The first-order valence-electron chi connectivity index (χ1n) is 7.62. The van der Waals surface area contributed by atoms with Crippen LogP contribution < -0.4 is 0 Å². The first-order chi connectivity index (χ1) is 11.5. The number of ether oxygens (including phenoxy) is 1. The van der Waals surface area contributed by atoms with Crippen molar-refractivity contribution in [3.8, 4) is 0 Å². The molecule has 0 atom stereocenters. The standard InChI is InChI=1S/C15H18ClN3O4S/c1-11-17-15(23-18-11)10-22-12-6-8-19(9-7-12)24(20,21)14-5-3-2-4-13(14)16/h2-5,12H,6-10H2,1H3. The average molecular weight is 372 g/mol. The molecule has 0 radical (unpaired) electrons. The highest BCUT2D eigenvalue weighted by atomic mass is 35.5. The number of hydrogen-bond donors (Lipinski definition) is 0. The van der Waals surface area contributed by atoms with E-state index in [1.165, 1.54) is 10.4 Å². The largest absolute Gasteiger partial charge is 0.368 e. The summed E-state index contributed by atoms with van der Waals surface area (Å²) in [5.74, 6) is 0.993. The third kappa shape index (κ3) is 3.77. The molecule has 2 aromatic rings. The SMILES string of the molecule is Cc1noc(COC2CCN(S(=O)(=O)c3ccccc3Cl)CC2)n1. The van der Waals surface area contributed by atoms with Crippen molar-refractivity contribution in [1.29, 1.82) is 0 Å². The molecule has 1 aliphatic rings. The Morgan fingerprint density at radius 2 is 2.04 bits per heavy atom. The average Bonchev–Trinajstić information content (AvgIpc) is 2.99. The maximum Gasteiger partial charge on any atom is 0.252 e. The lowest BCUT2D eigenvalue weighted by atomic mass is 10.1. The fourth-order valence-electron chi connectivity index (χ4n) is 2.62. The third-order valence-corrected chi connectivity index (χ3v) is 6.27. The molecular formula is C15H18ClN3O4S. The first kappa shape index (κ1) is 17.3. The molecule has 0 saturated carbocycles. The number of halogens is 1. The van der Waals surface area contributed by atoms with Gasteiger partial charge in [-0.1, -0.05) is 28.9 Å². The number of piperidine rings is 1. The van der Waals surface area contributed by atoms with Crippen LogP contribution in [-0.4, -0.2) is 42.1 Å². The summed E-state index contributed by atoms with van der Waals surface area (Å²) in [6, 6.07) is 6.48. The Kier molecular flexibility index (Phi) is 5.19. The Morgan fingerprint density at radius 3 is 2.67 bits per heavy atom. The third-order valence-electron chi connectivity index (χ3n) is 3.87. The summed E-state index contributed by atoms with van der Waals surface area (Å²) in [6.45, 7) is 2.76. The summed E-state index contributed by atoms with van der Waals surface area (Å²) in [7, 11) is -3.57. The van der Waals surface area contributed by atoms with Gasteiger partial charge in [-0.25, -0.2) is 8.42 Å². The summed E-state index contributed by atoms with van der Waals surface area (Å²) in [5, 5.41) is 3.94. The van der Waals surface area contributed by atoms with E-state index < -0.39 is 10.0 Å². The second kappa shape index (κ2) is 7.18. The second-order valence-corrected chi connectivity index (χ2v) is 7.89. The molecule has 1 aromatic carbocycles. The number of nitrogens with zero attached hydrogens (tertiary/aromatic N) is 3. The molecule has 1 aromatic heterocycles. The fraction of sp³-hybridized carbons (Fsp3) is 0.467. The zero-order chi connectivity index (χ0) is 17.2. The van der Waals surface area contributed by atoms with Crippen LogP contribution in [0, 0.1) is 6.92 Å². The van der Waals surface area contributed by atoms with E-state index in [0.717, 1.165) is 0 Å². The Balaban J connectivity index is 1.57. The smallest absolute Gasteiger partial charge is 0.252 e. The summed E-state index contributed by atoms with van der Waals surface area (Å²) < 4.78 is 37.5. The van der Waals surface area contributed by atoms with E-state index in [2.05, 4.69) is 10.1 Å². The Bertz CT molecular complexity index is 801. The quantitative estimate of drug-likeness (QED) is 0.802. The van der Waals surface area contributed by atoms with Crippen molar-refractivity contribution < 1.29 is 17.7 Å². The van der Waals surface area contributed by atoms with E-state index in [4.69, 9.17) is 20.9 Å². The predicted octanol–water partition coefficient (Wildman–Crippen LogP) is 2.40. The maximum atomic E-state index is 12.7. The van der Waals surface area contributed by atoms with Crippen molar-refractivity contribution in [2.45, 2.75) is 37.4 Å². The van der Waals surface area contributed by atoms with Crippen LogP contribution in [0.5, 0.6) is 0 Å². The molecule has 0 aliphatic carbocycles. The summed E-state index contributed by atoms with van der Waals surface area (Å²) in [4.78, 5) is 4.22. The van der Waals surface area contributed by atoms with Gasteiger partial charge in [0.05, 0.1) is 11.1 Å². The van der Waals surface area contributed by atoms with E-state index in [1.807, 2.05) is 0 Å². The Labute approximate surface area is 145 Å². The molecule has 1 fully saturated rings. The number of benzene rings is 1. The van der Waals surface area contributed by atoms with Gasteiger partial charge in [0.15, 0.2) is 5.82 Å². The maximum absolute atomic E-state index is 12.7. The lowest BCUT2D eigenvalue weighted by molar-refractivity contribution is -0.00119. The van der Waals surface area contributed by atoms with Crippen molar-refractivity contribution >= 4 is 21.6 Å². The first-order valence-corrected chi connectivity index (χ1v) is 9.44. The number of sulfonamides is 1. The highest BCUT2D eigenvalue weighted by Gasteiger charge is 2.31. The van der Waals surface area contributed by atoms with Crippen LogP contribution in [0.1, 0.15) is 24.6 Å². The normalized spacial score (nSPS) is 17.2. The van der Waals surface area contributed by atoms with E-state index in [0.29, 0.717) is 37.6 Å². The summed E-state index contributed by atoms with van der Waals surface area (Å²) >= 11 is 6.02. The highest BCUT2D eigenvalue weighted by Crippen LogP contribution is 2.27. The van der Waals surface area contributed by atoms with Crippen molar-refractivity contribution in [3.63, 3.8) is 0 Å². The Morgan fingerprint density at radius 1 is 1.33 bits per heavy atom. The van der Waals surface area contributed by atoms with Crippen LogP contribution in [0.2, 0.25) is 5.02 Å². The number of hydrogen-bond acceptors (Lipinski definition) is 6. The van der Waals surface area contributed by atoms with Gasteiger partial charge in [-0.3, -0.25) is 0 Å². The van der Waals surface area contributed by atoms with Gasteiger partial charge in [0.25, 0.3) is 5.89 Å². The van der Waals surface area contributed by atoms with Crippen LogP contribution >= 0.6 is 11.6 Å². The van der Waals surface area contributed by atoms with Crippen molar-refractivity contribution in [2.24, 2.45) is 0 Å². The van der Waals surface area contributed by atoms with Gasteiger partial charge in [-0.15, -0.1) is 0 Å². The van der Waals surface area contributed by atoms with Gasteiger partial charge in [0, 0.05) is 13.1 Å². The molecule has 0 amide bonds. The topological polar surface area (TPSA) is 85.5 Å². The molecule has 24 heavy (non-hydrogen) atoms. The number of aryl methyl sites for hydroxylation is 1. The van der Waals surface area contributed by atoms with Gasteiger partial charge in [0.2, 0.25) is 10.0 Å². The zero-order valence-electron chi connectivity index (χ0n) is 13.2. The molecule has 0 bridgehead atoms. The molecule has 1 aliphatic heterocycles. The zero-order valence-corrected chi connectivity index (χ0v) is 14.8. The monoisotopic (exact) mass is 371 g/mol. The molecular weight excluding hydrogens is 354 g/mol. The van der Waals surface area contributed by atoms with Crippen molar-refractivity contribution in [3.05, 3.63) is 41.0 Å². The van der Waals surface area contributed by atoms with Crippen LogP contribution in [0.15, 0.2) is 33.7 Å². The minimum absolute atomic E-state index is 0.0325. The number of aromatic nitrogens is 2. The minimum Gasteiger partial charge on any atom is -0.368 e. The lowest BCUT2D eigenvalue weighted by Crippen LogP contribution is -2.40. The molecule has 7 nitrogen and oxygen atoms in total. The molecule has 3 rings (SSSR count). The van der Waals surface area contributed by atoms with E-state index in [1.54, 1.807) is 25.1 Å². The van der Waals surface area contributed by atoms with Crippen molar-refractivity contribution in [2.75, 3.05) is 13.1 Å². The van der Waals surface area contributed by atoms with E-state index >= 15 is 0 Å². The van der Waals surface area contributed by atoms with Gasteiger partial charge in [0.1, 0.15) is 11.5 Å². The summed E-state index contributed by atoms with van der Waals surface area (Å²) in [6.07, 6.45) is 1.18. The van der Waals surface area contributed by atoms with Crippen molar-refractivity contribution in [1.82, 2.24) is 14.4 Å². The number of rotatable bonds is 5. The van der Waals surface area contributed by atoms with Crippen LogP contribution in [0.4, 0.5) is 0 Å². The lowest BCUT2D eigenvalue weighted by Gasteiger charge is -2.31. The molecule has 130 valence electrons. The van der Waals surface area contributed by atoms with Crippen LogP contribution in [0.3, 0.4) is 0 Å². The van der Waals surface area contributed by atoms with Gasteiger partial charge >= 0.3 is 0 Å². The van der Waals surface area contributed by atoms with Crippen LogP contribution in [0.25, 0.3) is 0 Å². The highest BCUT2D eigenvalue weighted by molar-refractivity contribution is 7.89. The molecule has 0 N–H and O–H groups in total. The molecule has 0 spiro atoms. The van der Waals surface area contributed by atoms with Gasteiger partial charge in [-0.05, 0) is 31.9 Å². The molecule has 0 unspecified atom stereocenters. The van der Waals surface area contributed by atoms with Gasteiger partial charge in [-0.2, -0.15) is 9.29 Å². The minimum atomic E-state index is -3.57. The summed E-state index contributed by atoms with van der Waals surface area (Å²) in [5.41, 5.74) is 0. The molecule has 1 saturated heterocycles. The second-order valence-electron chi connectivity index (χ2n) is 5.58. The Hall–Kier alpha value is -1.48.